The first-order valence-electron chi connectivity index (χ1n) is 13.8. The van der Waals surface area contributed by atoms with E-state index in [1.165, 1.54) is 11.8 Å². The van der Waals surface area contributed by atoms with Crippen LogP contribution in [0, 0.1) is 19.8 Å². The van der Waals surface area contributed by atoms with Gasteiger partial charge in [-0.2, -0.15) is 18.3 Å². The molecule has 0 spiro atoms. The molecule has 0 atom stereocenters. The predicted octanol–water partition coefficient (Wildman–Crippen LogP) is 5.76. The number of carboxylic acids is 1. The number of carboxylic acid groups (broad SMARTS) is 1. The summed E-state index contributed by atoms with van der Waals surface area (Å²) in [5.74, 6) is -1.43. The molecule has 2 heterocycles. The molecule has 1 aliphatic carbocycles. The third-order valence-electron chi connectivity index (χ3n) is 7.88. The standard InChI is InChI=1S/C30H37F3N4O3/c1-4-22-5-7-23(8-6-22)18-35(13-14-36-21(3)15-20(2)16-27(36)38)19-25-17-34-37(28(25)30(31,32)33)26-11-9-24(10-12-26)29(39)40/h5-8,15-17,24,26H,4,9-14,18-19H2,1-3H3,(H,39,40). The van der Waals surface area contributed by atoms with Gasteiger partial charge in [-0.25, -0.2) is 0 Å². The van der Waals surface area contributed by atoms with E-state index in [2.05, 4.69) is 12.0 Å². The Balaban J connectivity index is 1.61. The molecule has 0 aliphatic heterocycles. The van der Waals surface area contributed by atoms with Gasteiger partial charge in [0.05, 0.1) is 18.2 Å². The highest BCUT2D eigenvalue weighted by Crippen LogP contribution is 2.39. The van der Waals surface area contributed by atoms with E-state index < -0.39 is 29.8 Å². The van der Waals surface area contributed by atoms with Crippen LogP contribution in [0.1, 0.15) is 72.3 Å². The molecule has 2 aromatic heterocycles. The molecule has 0 unspecified atom stereocenters. The van der Waals surface area contributed by atoms with E-state index in [1.807, 2.05) is 49.1 Å². The van der Waals surface area contributed by atoms with Gasteiger partial charge >= 0.3 is 12.1 Å². The van der Waals surface area contributed by atoms with Crippen LogP contribution in [0.15, 0.2) is 47.4 Å². The Morgan fingerprint density at radius 1 is 1.05 bits per heavy atom. The number of pyridine rings is 1. The summed E-state index contributed by atoms with van der Waals surface area (Å²) in [6.07, 6.45) is -1.10. The first-order chi connectivity index (χ1) is 19.0. The molecule has 10 heteroatoms. The van der Waals surface area contributed by atoms with E-state index in [4.69, 9.17) is 0 Å². The Hall–Kier alpha value is -3.40. The summed E-state index contributed by atoms with van der Waals surface area (Å²) in [4.78, 5) is 25.9. The summed E-state index contributed by atoms with van der Waals surface area (Å²) in [5, 5.41) is 13.5. The van der Waals surface area contributed by atoms with Crippen molar-refractivity contribution in [3.63, 3.8) is 0 Å². The number of alkyl halides is 3. The molecule has 216 valence electrons. The zero-order valence-electron chi connectivity index (χ0n) is 23.2. The van der Waals surface area contributed by atoms with Gasteiger partial charge in [-0.15, -0.1) is 0 Å². The van der Waals surface area contributed by atoms with Crippen LogP contribution in [0.3, 0.4) is 0 Å². The number of halogens is 3. The number of aliphatic carboxylic acids is 1. The third kappa shape index (κ3) is 7.02. The van der Waals surface area contributed by atoms with Crippen LogP contribution in [-0.4, -0.2) is 36.9 Å². The molecule has 1 aliphatic rings. The smallest absolute Gasteiger partial charge is 0.433 e. The number of carbonyl (C=O) groups is 1. The molecular formula is C30H37F3N4O3. The van der Waals surface area contributed by atoms with Crippen molar-refractivity contribution in [2.75, 3.05) is 6.54 Å². The lowest BCUT2D eigenvalue weighted by Gasteiger charge is -2.29. The quantitative estimate of drug-likeness (QED) is 0.342. The zero-order chi connectivity index (χ0) is 29.0. The molecule has 1 saturated carbocycles. The number of nitrogens with zero attached hydrogens (tertiary/aromatic N) is 4. The van der Waals surface area contributed by atoms with Crippen molar-refractivity contribution in [1.82, 2.24) is 19.2 Å². The van der Waals surface area contributed by atoms with Crippen molar-refractivity contribution in [3.8, 4) is 0 Å². The maximum atomic E-state index is 14.4. The van der Waals surface area contributed by atoms with E-state index in [0.717, 1.165) is 27.9 Å². The predicted molar refractivity (Wildman–Crippen MR) is 146 cm³/mol. The maximum absolute atomic E-state index is 14.4. The number of aromatic nitrogens is 3. The van der Waals surface area contributed by atoms with Crippen LogP contribution in [0.5, 0.6) is 0 Å². The van der Waals surface area contributed by atoms with Gasteiger partial charge in [0.2, 0.25) is 0 Å². The van der Waals surface area contributed by atoms with Gasteiger partial charge in [0, 0.05) is 43.5 Å². The Labute approximate surface area is 232 Å². The monoisotopic (exact) mass is 558 g/mol. The first-order valence-corrected chi connectivity index (χ1v) is 13.8. The lowest BCUT2D eigenvalue weighted by atomic mass is 9.86. The van der Waals surface area contributed by atoms with E-state index in [1.54, 1.807) is 10.6 Å². The summed E-state index contributed by atoms with van der Waals surface area (Å²) >= 11 is 0. The summed E-state index contributed by atoms with van der Waals surface area (Å²) in [6, 6.07) is 11.0. The van der Waals surface area contributed by atoms with Crippen LogP contribution >= 0.6 is 0 Å². The van der Waals surface area contributed by atoms with Gasteiger partial charge in [0.1, 0.15) is 5.69 Å². The second-order valence-corrected chi connectivity index (χ2v) is 10.8. The third-order valence-corrected chi connectivity index (χ3v) is 7.88. The van der Waals surface area contributed by atoms with Gasteiger partial charge in [-0.1, -0.05) is 31.2 Å². The topological polar surface area (TPSA) is 80.4 Å². The fraction of sp³-hybridized carbons (Fsp3) is 0.500. The molecule has 4 rings (SSSR count). The second-order valence-electron chi connectivity index (χ2n) is 10.8. The Kier molecular flexibility index (Phi) is 9.18. The SMILES string of the molecule is CCc1ccc(CN(CCn2c(C)cc(C)cc2=O)Cc2cnn(C3CCC(C(=O)O)CC3)c2C(F)(F)F)cc1. The van der Waals surface area contributed by atoms with Crippen molar-refractivity contribution in [1.29, 1.82) is 0 Å². The van der Waals surface area contributed by atoms with Crippen molar-refractivity contribution < 1.29 is 23.1 Å². The molecule has 1 aromatic carbocycles. The minimum absolute atomic E-state index is 0.00844. The summed E-state index contributed by atoms with van der Waals surface area (Å²) in [5.41, 5.74) is 2.98. The van der Waals surface area contributed by atoms with Gasteiger partial charge in [0.25, 0.3) is 5.56 Å². The van der Waals surface area contributed by atoms with Gasteiger partial charge in [-0.05, 0) is 68.7 Å². The normalized spacial score (nSPS) is 17.9. The van der Waals surface area contributed by atoms with Gasteiger partial charge < -0.3 is 9.67 Å². The average molecular weight is 559 g/mol. The second kappa shape index (κ2) is 12.4. The van der Waals surface area contributed by atoms with Crippen LogP contribution in [0.25, 0.3) is 0 Å². The lowest BCUT2D eigenvalue weighted by Crippen LogP contribution is -2.32. The maximum Gasteiger partial charge on any atom is 0.433 e. The van der Waals surface area contributed by atoms with Crippen LogP contribution in [-0.2, 0) is 37.0 Å². The van der Waals surface area contributed by atoms with Crippen molar-refractivity contribution in [2.24, 2.45) is 5.92 Å². The van der Waals surface area contributed by atoms with E-state index in [-0.39, 0.29) is 17.7 Å². The average Bonchev–Trinajstić information content (AvgIpc) is 3.32. The lowest BCUT2D eigenvalue weighted by molar-refractivity contribution is -0.148. The molecule has 1 fully saturated rings. The molecule has 1 N–H and O–H groups in total. The fourth-order valence-corrected chi connectivity index (χ4v) is 5.69. The molecular weight excluding hydrogens is 521 g/mol. The first kappa shape index (κ1) is 29.6. The van der Waals surface area contributed by atoms with Crippen molar-refractivity contribution >= 4 is 5.97 Å². The molecule has 3 aromatic rings. The molecule has 0 amide bonds. The van der Waals surface area contributed by atoms with Crippen LogP contribution in [0.4, 0.5) is 13.2 Å². The van der Waals surface area contributed by atoms with Crippen LogP contribution in [0.2, 0.25) is 0 Å². The summed E-state index contributed by atoms with van der Waals surface area (Å²) < 4.78 is 46.0. The van der Waals surface area contributed by atoms with Crippen LogP contribution < -0.4 is 5.56 Å². The highest BCUT2D eigenvalue weighted by atomic mass is 19.4. The van der Waals surface area contributed by atoms with Gasteiger partial charge in [0.15, 0.2) is 0 Å². The molecule has 0 radical (unpaired) electrons. The highest BCUT2D eigenvalue weighted by molar-refractivity contribution is 5.70. The largest absolute Gasteiger partial charge is 0.481 e. The number of hydrogen-bond donors (Lipinski definition) is 1. The van der Waals surface area contributed by atoms with Crippen molar-refractivity contribution in [2.45, 2.75) is 84.7 Å². The minimum Gasteiger partial charge on any atom is -0.481 e. The Bertz CT molecular complexity index is 1370. The van der Waals surface area contributed by atoms with Gasteiger partial charge in [-0.3, -0.25) is 19.2 Å². The van der Waals surface area contributed by atoms with E-state index in [9.17, 15) is 27.9 Å². The molecule has 7 nitrogen and oxygen atoms in total. The van der Waals surface area contributed by atoms with Crippen molar-refractivity contribution in [3.05, 3.63) is 86.6 Å². The molecule has 0 saturated heterocycles. The summed E-state index contributed by atoms with van der Waals surface area (Å²) in [7, 11) is 0. The Morgan fingerprint density at radius 2 is 1.70 bits per heavy atom. The number of hydrogen-bond acceptors (Lipinski definition) is 4. The molecule has 0 bridgehead atoms. The van der Waals surface area contributed by atoms with E-state index in [0.29, 0.717) is 45.3 Å². The summed E-state index contributed by atoms with van der Waals surface area (Å²) in [6.45, 7) is 6.90. The highest BCUT2D eigenvalue weighted by Gasteiger charge is 2.41. The number of benzene rings is 1. The molecule has 40 heavy (non-hydrogen) atoms. The number of aryl methyl sites for hydroxylation is 3. The zero-order valence-corrected chi connectivity index (χ0v) is 23.2. The Morgan fingerprint density at radius 3 is 2.27 bits per heavy atom. The number of rotatable bonds is 10. The minimum atomic E-state index is -4.62. The van der Waals surface area contributed by atoms with E-state index >= 15 is 0 Å². The fourth-order valence-electron chi connectivity index (χ4n) is 5.69.